The van der Waals surface area contributed by atoms with Crippen LogP contribution in [0.2, 0.25) is 0 Å². The summed E-state index contributed by atoms with van der Waals surface area (Å²) in [5, 5.41) is 20.7. The van der Waals surface area contributed by atoms with Gasteiger partial charge in [-0.25, -0.2) is 9.13 Å². The third-order valence-corrected chi connectivity index (χ3v) is 18.3. The van der Waals surface area contributed by atoms with Crippen LogP contribution in [0.4, 0.5) is 0 Å². The van der Waals surface area contributed by atoms with Crippen molar-refractivity contribution in [2.45, 2.75) is 322 Å². The molecule has 0 aliphatic carbocycles. The summed E-state index contributed by atoms with van der Waals surface area (Å²) in [6.45, 7) is 2.43. The highest BCUT2D eigenvalue weighted by Crippen LogP contribution is 2.45. The van der Waals surface area contributed by atoms with E-state index in [-0.39, 0.29) is 19.3 Å². The molecule has 5 atom stereocenters. The molecule has 0 aromatic heterocycles. The van der Waals surface area contributed by atoms with E-state index in [2.05, 4.69) is 191 Å². The average molecular weight is 1510 g/mol. The Kier molecular flexibility index (Phi) is 74.7. The maximum Gasteiger partial charge on any atom is 0.472 e. The van der Waals surface area contributed by atoms with Crippen molar-refractivity contribution in [1.82, 2.24) is 0 Å². The van der Waals surface area contributed by atoms with Crippen LogP contribution < -0.4 is 0 Å². The van der Waals surface area contributed by atoms with Crippen molar-refractivity contribution in [2.75, 3.05) is 39.6 Å². The Morgan fingerprint density at radius 2 is 0.505 bits per heavy atom. The van der Waals surface area contributed by atoms with Crippen molar-refractivity contribution >= 4 is 33.6 Å². The van der Waals surface area contributed by atoms with Crippen LogP contribution in [0.1, 0.15) is 303 Å². The first kappa shape index (κ1) is 99.9. The van der Waals surface area contributed by atoms with Crippen molar-refractivity contribution in [2.24, 2.45) is 0 Å². The molecule has 0 aliphatic heterocycles. The summed E-state index contributed by atoms with van der Waals surface area (Å²) in [4.78, 5) is 58.7. The topological polar surface area (TPSA) is 231 Å². The van der Waals surface area contributed by atoms with Gasteiger partial charge in [0.2, 0.25) is 0 Å². The Bertz CT molecular complexity index is 2590. The lowest BCUT2D eigenvalue weighted by atomic mass is 10.0. The van der Waals surface area contributed by atoms with Gasteiger partial charge in [0.05, 0.1) is 26.4 Å². The number of aliphatic hydroxyl groups is 2. The van der Waals surface area contributed by atoms with Crippen LogP contribution in [-0.2, 0) is 55.8 Å². The lowest BCUT2D eigenvalue weighted by Crippen LogP contribution is -2.30. The van der Waals surface area contributed by atoms with E-state index >= 15 is 0 Å². The molecular weight excluding hydrogens is 1360 g/mol. The van der Waals surface area contributed by atoms with Gasteiger partial charge < -0.3 is 34.2 Å². The number of phosphoric acid groups is 2. The normalized spacial score (nSPS) is 14.8. The molecule has 4 N–H and O–H groups in total. The molecule has 0 radical (unpaired) electrons. The summed E-state index contributed by atoms with van der Waals surface area (Å²) in [5.74, 6) is -1.66. The molecule has 0 aromatic carbocycles. The van der Waals surface area contributed by atoms with Crippen molar-refractivity contribution in [3.63, 3.8) is 0 Å². The minimum Gasteiger partial charge on any atom is -0.463 e. The van der Waals surface area contributed by atoms with Gasteiger partial charge in [0.25, 0.3) is 0 Å². The summed E-state index contributed by atoms with van der Waals surface area (Å²) in [5.41, 5.74) is 0. The molecule has 18 heteroatoms. The van der Waals surface area contributed by atoms with Crippen molar-refractivity contribution in [3.8, 4) is 0 Å². The summed E-state index contributed by atoms with van der Waals surface area (Å²) >= 11 is 0. The molecule has 0 amide bonds. The van der Waals surface area contributed by atoms with E-state index in [4.69, 9.17) is 32.3 Å². The standard InChI is InChI=1S/C87H144O16P2/c1-4-7-10-13-16-19-22-25-28-31-34-37-38-39-40-41-42-45-47-49-52-55-58-61-64-67-70-73-85(90)97-76-82(88)77-99-104(93,94)100-78-83(89)79-101-105(95,96)102-81-84(103-87(92)75-72-69-66-63-60-57-54-51-48-44-36-33-30-27-24-21-18-15-12-9-6-3)80-98-86(91)74-71-68-65-62-59-56-53-50-46-43-35-32-29-26-23-20-17-14-11-8-5-2/h8,11,16-21,25-30,34-37,39-40,43-44,50-51,53-54,59,62,82-84,88-89H,4-7,9-10,12-15,22-24,31-33,38,41-42,45-49,52,55-58,60-61,63-81H2,1-3H3,(H,93,94)(H,95,96)/b11-8-,19-16-,20-17-,21-18-,28-25-,29-26-,30-27-,37-34-,40-39-,43-35-,44-36-,53-50-,54-51-,62-59-. The first-order valence-electron chi connectivity index (χ1n) is 40.4. The number of rotatable bonds is 75. The highest BCUT2D eigenvalue weighted by atomic mass is 31.2. The van der Waals surface area contributed by atoms with Gasteiger partial charge in [0, 0.05) is 19.3 Å². The SMILES string of the molecule is CC/C=C\C/C=C\C/C=C\C/C=C\C/C=C\C/C=C\CCCCC(=O)OCC(COP(=O)(O)OCC(O)COP(=O)(O)OCC(O)COC(=O)CCCCCCCCCCCCC/C=C\C/C=C\C/C=C\C/C=C\CCCCC)OC(=O)CCCCCCC/C=C\C/C=C\C/C=C\C/C=C\CCCCC. The molecule has 0 heterocycles. The van der Waals surface area contributed by atoms with Crippen LogP contribution in [0, 0.1) is 0 Å². The molecule has 0 bridgehead atoms. The van der Waals surface area contributed by atoms with Crippen LogP contribution in [0.15, 0.2) is 170 Å². The Labute approximate surface area is 637 Å². The second-order valence-corrected chi connectivity index (χ2v) is 29.4. The number of allylic oxidation sites excluding steroid dienone is 28. The number of esters is 3. The fourth-order valence-corrected chi connectivity index (χ4v) is 11.8. The number of hydrogen-bond acceptors (Lipinski definition) is 14. The molecule has 0 rings (SSSR count). The predicted octanol–water partition coefficient (Wildman–Crippen LogP) is 24.0. The zero-order chi connectivity index (χ0) is 76.6. The summed E-state index contributed by atoms with van der Waals surface area (Å²) in [6, 6.07) is 0. The zero-order valence-corrected chi connectivity index (χ0v) is 67.1. The van der Waals surface area contributed by atoms with E-state index in [0.29, 0.717) is 19.3 Å². The summed E-state index contributed by atoms with van der Waals surface area (Å²) < 4.78 is 61.2. The van der Waals surface area contributed by atoms with Crippen LogP contribution in [0.25, 0.3) is 0 Å². The maximum atomic E-state index is 13.0. The number of carbonyl (C=O) groups excluding carboxylic acids is 3. The van der Waals surface area contributed by atoms with Gasteiger partial charge in [0.1, 0.15) is 25.4 Å². The fraction of sp³-hybridized carbons (Fsp3) is 0.644. The van der Waals surface area contributed by atoms with Crippen molar-refractivity contribution in [1.29, 1.82) is 0 Å². The molecule has 0 spiro atoms. The van der Waals surface area contributed by atoms with E-state index in [0.717, 1.165) is 154 Å². The summed E-state index contributed by atoms with van der Waals surface area (Å²) in [6.07, 6.45) is 99.6. The van der Waals surface area contributed by atoms with Gasteiger partial charge in [-0.1, -0.05) is 294 Å². The number of hydrogen-bond donors (Lipinski definition) is 4. The van der Waals surface area contributed by atoms with Gasteiger partial charge in [-0.3, -0.25) is 32.5 Å². The number of phosphoric ester groups is 2. The minimum absolute atomic E-state index is 0.0669. The van der Waals surface area contributed by atoms with Gasteiger partial charge in [0.15, 0.2) is 6.10 Å². The van der Waals surface area contributed by atoms with Crippen LogP contribution in [-0.4, -0.2) is 95.9 Å². The number of unbranched alkanes of at least 4 members (excludes halogenated alkanes) is 24. The first-order chi connectivity index (χ1) is 51.2. The van der Waals surface area contributed by atoms with Gasteiger partial charge in [-0.05, 0) is 161 Å². The summed E-state index contributed by atoms with van der Waals surface area (Å²) in [7, 11) is -9.83. The first-order valence-corrected chi connectivity index (χ1v) is 43.4. The fourth-order valence-electron chi connectivity index (χ4n) is 10.2. The Morgan fingerprint density at radius 3 is 0.819 bits per heavy atom. The highest BCUT2D eigenvalue weighted by Gasteiger charge is 2.29. The number of aliphatic hydroxyl groups excluding tert-OH is 2. The Balaban J connectivity index is 4.71. The zero-order valence-electron chi connectivity index (χ0n) is 65.3. The predicted molar refractivity (Wildman–Crippen MR) is 435 cm³/mol. The molecule has 598 valence electrons. The minimum atomic E-state index is -4.96. The smallest absolute Gasteiger partial charge is 0.463 e. The molecule has 0 fully saturated rings. The lowest BCUT2D eigenvalue weighted by Gasteiger charge is -2.21. The lowest BCUT2D eigenvalue weighted by molar-refractivity contribution is -0.161. The molecule has 5 unspecified atom stereocenters. The van der Waals surface area contributed by atoms with Gasteiger partial charge in [-0.2, -0.15) is 0 Å². The van der Waals surface area contributed by atoms with Crippen LogP contribution in [0.3, 0.4) is 0 Å². The van der Waals surface area contributed by atoms with Crippen molar-refractivity contribution < 1.29 is 75.8 Å². The number of ether oxygens (including phenoxy) is 3. The molecule has 0 saturated heterocycles. The van der Waals surface area contributed by atoms with Crippen LogP contribution in [0.5, 0.6) is 0 Å². The third kappa shape index (κ3) is 79.8. The highest BCUT2D eigenvalue weighted by molar-refractivity contribution is 7.47. The van der Waals surface area contributed by atoms with E-state index < -0.39 is 91.5 Å². The maximum absolute atomic E-state index is 13.0. The largest absolute Gasteiger partial charge is 0.472 e. The van der Waals surface area contributed by atoms with E-state index in [9.17, 15) is 43.5 Å². The molecule has 105 heavy (non-hydrogen) atoms. The number of carbonyl (C=O) groups is 3. The Morgan fingerprint density at radius 1 is 0.276 bits per heavy atom. The average Bonchev–Trinajstić information content (AvgIpc) is 0.914. The third-order valence-electron chi connectivity index (χ3n) is 16.4. The monoisotopic (exact) mass is 1510 g/mol. The van der Waals surface area contributed by atoms with Gasteiger partial charge >= 0.3 is 33.6 Å². The van der Waals surface area contributed by atoms with Crippen LogP contribution >= 0.6 is 15.6 Å². The second-order valence-electron chi connectivity index (χ2n) is 26.5. The Hall–Kier alpha value is -5.09. The van der Waals surface area contributed by atoms with E-state index in [1.165, 1.54) is 89.9 Å². The van der Waals surface area contributed by atoms with E-state index in [1.54, 1.807) is 0 Å². The molecule has 16 nitrogen and oxygen atoms in total. The molecule has 0 aromatic rings. The van der Waals surface area contributed by atoms with Gasteiger partial charge in [-0.15, -0.1) is 0 Å². The van der Waals surface area contributed by atoms with Crippen molar-refractivity contribution in [3.05, 3.63) is 170 Å². The molecular formula is C87H144O16P2. The quantitative estimate of drug-likeness (QED) is 0.0146. The molecule has 0 aliphatic rings. The molecule has 0 saturated carbocycles. The van der Waals surface area contributed by atoms with E-state index in [1.807, 2.05) is 0 Å². The second kappa shape index (κ2) is 78.5.